The third-order valence-corrected chi connectivity index (χ3v) is 2.81. The molecule has 2 rings (SSSR count). The average Bonchev–Trinajstić information content (AvgIpc) is 2.37. The minimum atomic E-state index is -2.02. The summed E-state index contributed by atoms with van der Waals surface area (Å²) < 4.78 is 5.13. The Morgan fingerprint density at radius 2 is 2.00 bits per heavy atom. The maximum absolute atomic E-state index is 9.85. The lowest BCUT2D eigenvalue weighted by Gasteiger charge is -2.22. The molecule has 4 heteroatoms. The fourth-order valence-corrected chi connectivity index (χ4v) is 1.84. The van der Waals surface area contributed by atoms with Crippen molar-refractivity contribution in [2.45, 2.75) is 5.79 Å². The monoisotopic (exact) mass is 233 g/mol. The Bertz CT molecular complexity index is 537. The maximum Gasteiger partial charge on any atom is 0.203 e. The first kappa shape index (κ1) is 11.9. The predicted molar refractivity (Wildman–Crippen MR) is 65.7 cm³/mol. The minimum Gasteiger partial charge on any atom is -0.497 e. The van der Waals surface area contributed by atoms with E-state index < -0.39 is 5.79 Å². The van der Waals surface area contributed by atoms with Crippen LogP contribution in [0.4, 0.5) is 0 Å². The van der Waals surface area contributed by atoms with Crippen molar-refractivity contribution in [1.82, 2.24) is 0 Å². The molecule has 4 nitrogen and oxygen atoms in total. The third kappa shape index (κ3) is 2.10. The second-order valence-electron chi connectivity index (χ2n) is 3.91. The van der Waals surface area contributed by atoms with E-state index in [1.165, 1.54) is 0 Å². The van der Waals surface area contributed by atoms with Crippen molar-refractivity contribution in [3.8, 4) is 5.75 Å². The zero-order valence-electron chi connectivity index (χ0n) is 9.55. The van der Waals surface area contributed by atoms with Gasteiger partial charge in [-0.3, -0.25) is 0 Å². The Kier molecular flexibility index (Phi) is 3.02. The molecule has 0 amide bonds. The molecule has 0 bridgehead atoms. The molecule has 0 saturated heterocycles. The summed E-state index contributed by atoms with van der Waals surface area (Å²) >= 11 is 0. The number of hydrogen-bond donors (Lipinski definition) is 3. The maximum atomic E-state index is 9.85. The highest BCUT2D eigenvalue weighted by atomic mass is 16.5. The second-order valence-corrected chi connectivity index (χ2v) is 3.91. The molecule has 2 aromatic rings. The molecular weight excluding hydrogens is 218 g/mol. The van der Waals surface area contributed by atoms with E-state index in [0.29, 0.717) is 11.3 Å². The van der Waals surface area contributed by atoms with Crippen molar-refractivity contribution in [3.05, 3.63) is 42.0 Å². The van der Waals surface area contributed by atoms with E-state index in [-0.39, 0.29) is 6.54 Å². The molecule has 4 N–H and O–H groups in total. The smallest absolute Gasteiger partial charge is 0.203 e. The normalized spacial score (nSPS) is 11.8. The van der Waals surface area contributed by atoms with Crippen LogP contribution in [-0.2, 0) is 5.79 Å². The predicted octanol–water partition coefficient (Wildman–Crippen LogP) is 0.945. The number of aliphatic hydroxyl groups is 2. The lowest BCUT2D eigenvalue weighted by atomic mass is 9.98. The Hall–Kier alpha value is -1.62. The molecule has 0 aliphatic carbocycles. The largest absolute Gasteiger partial charge is 0.497 e. The van der Waals surface area contributed by atoms with Gasteiger partial charge < -0.3 is 20.7 Å². The molecule has 0 aromatic heterocycles. The van der Waals surface area contributed by atoms with Crippen LogP contribution in [0.5, 0.6) is 5.75 Å². The average molecular weight is 233 g/mol. The highest BCUT2D eigenvalue weighted by Crippen LogP contribution is 2.29. The van der Waals surface area contributed by atoms with Crippen molar-refractivity contribution in [2.24, 2.45) is 5.73 Å². The van der Waals surface area contributed by atoms with Crippen LogP contribution in [0.15, 0.2) is 36.4 Å². The van der Waals surface area contributed by atoms with Crippen LogP contribution in [0.25, 0.3) is 10.8 Å². The number of benzene rings is 2. The van der Waals surface area contributed by atoms with Gasteiger partial charge >= 0.3 is 0 Å². The van der Waals surface area contributed by atoms with Crippen LogP contribution < -0.4 is 10.5 Å². The number of hydrogen-bond acceptors (Lipinski definition) is 4. The first-order valence-electron chi connectivity index (χ1n) is 5.30. The van der Waals surface area contributed by atoms with Crippen molar-refractivity contribution in [2.75, 3.05) is 13.7 Å². The molecule has 0 aliphatic heterocycles. The summed E-state index contributed by atoms with van der Waals surface area (Å²) in [5.74, 6) is -1.36. The fourth-order valence-electron chi connectivity index (χ4n) is 1.84. The molecule has 0 unspecified atom stereocenters. The van der Waals surface area contributed by atoms with Crippen LogP contribution in [0.1, 0.15) is 5.56 Å². The molecule has 90 valence electrons. The third-order valence-electron chi connectivity index (χ3n) is 2.81. The molecule has 0 atom stereocenters. The van der Waals surface area contributed by atoms with E-state index in [2.05, 4.69) is 0 Å². The number of fused-ring (bicyclic) bond motifs is 1. The summed E-state index contributed by atoms with van der Waals surface area (Å²) in [6, 6.07) is 10.8. The highest BCUT2D eigenvalue weighted by Gasteiger charge is 2.25. The van der Waals surface area contributed by atoms with Crippen LogP contribution in [0, 0.1) is 0 Å². The number of nitrogens with two attached hydrogens (primary N) is 1. The van der Waals surface area contributed by atoms with Gasteiger partial charge in [0.1, 0.15) is 5.75 Å². The van der Waals surface area contributed by atoms with E-state index in [1.54, 1.807) is 25.3 Å². The Labute approximate surface area is 99.2 Å². The number of ether oxygens (including phenoxy) is 1. The van der Waals surface area contributed by atoms with Gasteiger partial charge in [-0.2, -0.15) is 0 Å². The van der Waals surface area contributed by atoms with Crippen molar-refractivity contribution in [1.29, 1.82) is 0 Å². The van der Waals surface area contributed by atoms with Crippen molar-refractivity contribution >= 4 is 10.8 Å². The molecule has 2 aromatic carbocycles. The molecule has 0 radical (unpaired) electrons. The number of rotatable bonds is 3. The van der Waals surface area contributed by atoms with Gasteiger partial charge in [0.2, 0.25) is 5.79 Å². The summed E-state index contributed by atoms with van der Waals surface area (Å²) in [6.07, 6.45) is 0. The first-order valence-corrected chi connectivity index (χ1v) is 5.30. The fraction of sp³-hybridized carbons (Fsp3) is 0.231. The van der Waals surface area contributed by atoms with Gasteiger partial charge in [0.25, 0.3) is 0 Å². The quantitative estimate of drug-likeness (QED) is 0.690. The summed E-state index contributed by atoms with van der Waals surface area (Å²) in [4.78, 5) is 0. The lowest BCUT2D eigenvalue weighted by Crippen LogP contribution is -2.34. The van der Waals surface area contributed by atoms with Gasteiger partial charge in [0, 0.05) is 5.56 Å². The Morgan fingerprint density at radius 1 is 1.24 bits per heavy atom. The number of methoxy groups -OCH3 is 1. The zero-order chi connectivity index (χ0) is 12.5. The van der Waals surface area contributed by atoms with Gasteiger partial charge in [0.05, 0.1) is 13.7 Å². The van der Waals surface area contributed by atoms with Gasteiger partial charge in [-0.05, 0) is 22.9 Å². The molecular formula is C13H15NO3. The van der Waals surface area contributed by atoms with Gasteiger partial charge in [-0.15, -0.1) is 0 Å². The standard InChI is InChI=1S/C13H15NO3/c1-17-10-6-5-9-3-2-4-12(11(9)7-10)13(15,16)8-14/h2-7,15-16H,8,14H2,1H3. The van der Waals surface area contributed by atoms with Crippen LogP contribution in [0.3, 0.4) is 0 Å². The lowest BCUT2D eigenvalue weighted by molar-refractivity contribution is -0.158. The van der Waals surface area contributed by atoms with E-state index in [1.807, 2.05) is 18.2 Å². The zero-order valence-corrected chi connectivity index (χ0v) is 9.55. The highest BCUT2D eigenvalue weighted by molar-refractivity contribution is 5.87. The van der Waals surface area contributed by atoms with Crippen LogP contribution in [-0.4, -0.2) is 23.9 Å². The molecule has 0 fully saturated rings. The summed E-state index contributed by atoms with van der Waals surface area (Å²) in [5.41, 5.74) is 5.75. The molecule has 17 heavy (non-hydrogen) atoms. The van der Waals surface area contributed by atoms with Gasteiger partial charge in [-0.25, -0.2) is 0 Å². The minimum absolute atomic E-state index is 0.261. The molecule has 0 aliphatic rings. The van der Waals surface area contributed by atoms with Crippen molar-refractivity contribution < 1.29 is 14.9 Å². The Balaban J connectivity index is 2.70. The summed E-state index contributed by atoms with van der Waals surface area (Å²) in [5, 5.41) is 21.3. The molecule has 0 saturated carbocycles. The Morgan fingerprint density at radius 3 is 2.65 bits per heavy atom. The first-order chi connectivity index (χ1) is 8.08. The van der Waals surface area contributed by atoms with E-state index >= 15 is 0 Å². The summed E-state index contributed by atoms with van der Waals surface area (Å²) in [7, 11) is 1.57. The van der Waals surface area contributed by atoms with Crippen LogP contribution >= 0.6 is 0 Å². The summed E-state index contributed by atoms with van der Waals surface area (Å²) in [6.45, 7) is -0.261. The van der Waals surface area contributed by atoms with Crippen molar-refractivity contribution in [3.63, 3.8) is 0 Å². The van der Waals surface area contributed by atoms with E-state index in [4.69, 9.17) is 10.5 Å². The topological polar surface area (TPSA) is 75.7 Å². The van der Waals surface area contributed by atoms with E-state index in [9.17, 15) is 10.2 Å². The molecule has 0 spiro atoms. The SMILES string of the molecule is COc1ccc2cccc(C(O)(O)CN)c2c1. The molecule has 0 heterocycles. The van der Waals surface area contributed by atoms with Gasteiger partial charge in [0.15, 0.2) is 0 Å². The van der Waals surface area contributed by atoms with Gasteiger partial charge in [-0.1, -0.05) is 24.3 Å². The van der Waals surface area contributed by atoms with E-state index in [0.717, 1.165) is 10.8 Å². The second kappa shape index (κ2) is 4.33. The van der Waals surface area contributed by atoms with Crippen LogP contribution in [0.2, 0.25) is 0 Å².